The molecule has 6 rings (SSSR count). The molecule has 0 bridgehead atoms. The molecule has 0 aliphatic rings. The molecule has 212 valence electrons. The second-order valence-corrected chi connectivity index (χ2v) is 11.3. The number of carbonyl (C=O) groups excluding carboxylic acids is 3. The zero-order chi connectivity index (χ0) is 29.8. The number of para-hydroxylation sites is 2. The molecule has 0 aliphatic heterocycles. The predicted molar refractivity (Wildman–Crippen MR) is 171 cm³/mol. The number of fused-ring (bicyclic) bond motifs is 3. The Bertz CT molecular complexity index is 1920. The smallest absolute Gasteiger partial charge is 0.272 e. The van der Waals surface area contributed by atoms with Crippen molar-refractivity contribution in [1.29, 1.82) is 0 Å². The summed E-state index contributed by atoms with van der Waals surface area (Å²) in [6.07, 6.45) is 2.96. The Morgan fingerprint density at radius 1 is 0.791 bits per heavy atom. The van der Waals surface area contributed by atoms with Crippen LogP contribution in [0.5, 0.6) is 0 Å². The first kappa shape index (κ1) is 27.8. The first-order valence-corrected chi connectivity index (χ1v) is 14.6. The zero-order valence-electron chi connectivity index (χ0n) is 23.2. The van der Waals surface area contributed by atoms with Crippen molar-refractivity contribution < 1.29 is 18.8 Å². The van der Waals surface area contributed by atoms with Gasteiger partial charge in [0.25, 0.3) is 11.8 Å². The fourth-order valence-electron chi connectivity index (χ4n) is 4.90. The summed E-state index contributed by atoms with van der Waals surface area (Å²) in [6.45, 7) is 1.88. The molecule has 2 aromatic heterocycles. The van der Waals surface area contributed by atoms with Crippen LogP contribution in [0.3, 0.4) is 0 Å². The van der Waals surface area contributed by atoms with Crippen LogP contribution >= 0.6 is 11.8 Å². The number of nitrogens with zero attached hydrogens (tertiary/aromatic N) is 1. The first-order valence-electron chi connectivity index (χ1n) is 13.7. The highest BCUT2D eigenvalue weighted by Gasteiger charge is 2.22. The standard InChI is InChI=1S/C35H27N3O4S/c1-23(35(41)38-31-18-7-5-16-28(31)29-17-6-8-19-32(29)38)43-27-15-9-13-25(21-27)36-34(40)30(22-26-14-10-20-42-26)37-33(39)24-11-3-2-4-12-24/h2-23H,1H3,(H,36,40)(H,37,39)/b30-22+. The Morgan fingerprint density at radius 2 is 1.47 bits per heavy atom. The van der Waals surface area contributed by atoms with Crippen LogP contribution in [0.4, 0.5) is 5.69 Å². The lowest BCUT2D eigenvalue weighted by atomic mass is 10.2. The van der Waals surface area contributed by atoms with Crippen LogP contribution in [0.25, 0.3) is 27.9 Å². The minimum absolute atomic E-state index is 0.0248. The number of rotatable bonds is 8. The second kappa shape index (κ2) is 12.3. The fraction of sp³-hybridized carbons (Fsp3) is 0.0571. The van der Waals surface area contributed by atoms with Gasteiger partial charge in [-0.25, -0.2) is 0 Å². The van der Waals surface area contributed by atoms with Gasteiger partial charge in [-0.1, -0.05) is 60.7 Å². The molecule has 2 amide bonds. The number of furan rings is 1. The minimum atomic E-state index is -0.516. The van der Waals surface area contributed by atoms with Crippen LogP contribution in [-0.2, 0) is 4.79 Å². The Balaban J connectivity index is 1.21. The third-order valence-corrected chi connectivity index (χ3v) is 7.99. The van der Waals surface area contributed by atoms with Gasteiger partial charge in [-0.2, -0.15) is 0 Å². The van der Waals surface area contributed by atoms with Gasteiger partial charge >= 0.3 is 0 Å². The number of hydrogen-bond donors (Lipinski definition) is 2. The lowest BCUT2D eigenvalue weighted by Gasteiger charge is -2.14. The summed E-state index contributed by atoms with van der Waals surface area (Å²) in [5.41, 5.74) is 2.70. The molecule has 2 heterocycles. The SMILES string of the molecule is CC(Sc1cccc(NC(=O)/C(=C\c2ccco2)NC(=O)c2ccccc2)c1)C(=O)n1c2ccccc2c2ccccc21. The van der Waals surface area contributed by atoms with E-state index in [1.807, 2.05) is 79.7 Å². The van der Waals surface area contributed by atoms with E-state index < -0.39 is 17.1 Å². The van der Waals surface area contributed by atoms with Crippen LogP contribution in [-0.4, -0.2) is 27.5 Å². The van der Waals surface area contributed by atoms with Crippen molar-refractivity contribution >= 4 is 63.1 Å². The minimum Gasteiger partial charge on any atom is -0.465 e. The summed E-state index contributed by atoms with van der Waals surface area (Å²) in [7, 11) is 0. The first-order chi connectivity index (χ1) is 21.0. The molecule has 0 saturated heterocycles. The number of thioether (sulfide) groups is 1. The summed E-state index contributed by atoms with van der Waals surface area (Å²) in [5, 5.41) is 7.21. The highest BCUT2D eigenvalue weighted by molar-refractivity contribution is 8.00. The average Bonchev–Trinajstić information content (AvgIpc) is 3.67. The molecule has 1 unspecified atom stereocenters. The Kier molecular flexibility index (Phi) is 7.93. The van der Waals surface area contributed by atoms with E-state index in [0.29, 0.717) is 17.0 Å². The molecule has 6 aromatic rings. The van der Waals surface area contributed by atoms with Gasteiger partial charge < -0.3 is 15.1 Å². The maximum absolute atomic E-state index is 13.8. The van der Waals surface area contributed by atoms with Gasteiger partial charge in [0.05, 0.1) is 22.5 Å². The van der Waals surface area contributed by atoms with Crippen molar-refractivity contribution in [2.24, 2.45) is 0 Å². The summed E-state index contributed by atoms with van der Waals surface area (Å²) < 4.78 is 7.16. The quantitative estimate of drug-likeness (QED) is 0.142. The Morgan fingerprint density at radius 3 is 2.14 bits per heavy atom. The number of carbonyl (C=O) groups is 3. The molecule has 0 radical (unpaired) electrons. The lowest BCUT2D eigenvalue weighted by molar-refractivity contribution is -0.113. The van der Waals surface area contributed by atoms with E-state index in [0.717, 1.165) is 26.7 Å². The molecule has 7 nitrogen and oxygen atoms in total. The van der Waals surface area contributed by atoms with E-state index in [2.05, 4.69) is 10.6 Å². The van der Waals surface area contributed by atoms with Gasteiger partial charge in [0.2, 0.25) is 5.91 Å². The van der Waals surface area contributed by atoms with Crippen molar-refractivity contribution in [2.75, 3.05) is 5.32 Å². The largest absolute Gasteiger partial charge is 0.465 e. The van der Waals surface area contributed by atoms with E-state index in [9.17, 15) is 14.4 Å². The lowest BCUT2D eigenvalue weighted by Crippen LogP contribution is -2.30. The van der Waals surface area contributed by atoms with E-state index >= 15 is 0 Å². The highest BCUT2D eigenvalue weighted by atomic mass is 32.2. The summed E-state index contributed by atoms with van der Waals surface area (Å²) in [6, 6.07) is 35.1. The van der Waals surface area contributed by atoms with Crippen LogP contribution in [0.2, 0.25) is 0 Å². The number of benzene rings is 4. The second-order valence-electron chi connectivity index (χ2n) is 9.84. The maximum atomic E-state index is 13.8. The summed E-state index contributed by atoms with van der Waals surface area (Å²) >= 11 is 1.41. The number of hydrogen-bond acceptors (Lipinski definition) is 5. The van der Waals surface area contributed by atoms with Crippen molar-refractivity contribution in [1.82, 2.24) is 9.88 Å². The number of aromatic nitrogens is 1. The molecular formula is C35H27N3O4S. The molecule has 8 heteroatoms. The number of nitrogens with one attached hydrogen (secondary N) is 2. The van der Waals surface area contributed by atoms with Crippen molar-refractivity contribution in [3.63, 3.8) is 0 Å². The molecule has 2 N–H and O–H groups in total. The number of amides is 2. The maximum Gasteiger partial charge on any atom is 0.272 e. The normalized spacial score (nSPS) is 12.3. The molecule has 0 spiro atoms. The van der Waals surface area contributed by atoms with E-state index in [-0.39, 0.29) is 11.6 Å². The molecule has 0 aliphatic carbocycles. The monoisotopic (exact) mass is 585 g/mol. The zero-order valence-corrected chi connectivity index (χ0v) is 24.0. The van der Waals surface area contributed by atoms with Crippen LogP contribution in [0, 0.1) is 0 Å². The summed E-state index contributed by atoms with van der Waals surface area (Å²) in [5.74, 6) is -0.558. The van der Waals surface area contributed by atoms with Crippen LogP contribution in [0.1, 0.15) is 27.8 Å². The van der Waals surface area contributed by atoms with Gasteiger partial charge in [-0.15, -0.1) is 11.8 Å². The Hall–Kier alpha value is -5.34. The third-order valence-electron chi connectivity index (χ3n) is 6.91. The Labute approximate surface area is 252 Å². The van der Waals surface area contributed by atoms with Crippen LogP contribution in [0.15, 0.2) is 137 Å². The molecule has 4 aromatic carbocycles. The molecule has 1 atom stereocenters. The van der Waals surface area contributed by atoms with E-state index in [1.165, 1.54) is 24.1 Å². The van der Waals surface area contributed by atoms with E-state index in [4.69, 9.17) is 4.42 Å². The molecule has 0 saturated carbocycles. The number of anilines is 1. The molecule has 43 heavy (non-hydrogen) atoms. The van der Waals surface area contributed by atoms with Crippen molar-refractivity contribution in [3.8, 4) is 0 Å². The van der Waals surface area contributed by atoms with Crippen molar-refractivity contribution in [2.45, 2.75) is 17.1 Å². The van der Waals surface area contributed by atoms with Gasteiger partial charge in [-0.3, -0.25) is 19.0 Å². The highest BCUT2D eigenvalue weighted by Crippen LogP contribution is 2.32. The summed E-state index contributed by atoms with van der Waals surface area (Å²) in [4.78, 5) is 40.8. The predicted octanol–water partition coefficient (Wildman–Crippen LogP) is 7.62. The van der Waals surface area contributed by atoms with Gasteiger partial charge in [0.15, 0.2) is 0 Å². The van der Waals surface area contributed by atoms with E-state index in [1.54, 1.807) is 47.0 Å². The third kappa shape index (κ3) is 6.00. The molecular weight excluding hydrogens is 558 g/mol. The van der Waals surface area contributed by atoms with Gasteiger partial charge in [-0.05, 0) is 61.5 Å². The van der Waals surface area contributed by atoms with Gasteiger partial charge in [0, 0.05) is 33.0 Å². The molecule has 0 fully saturated rings. The average molecular weight is 586 g/mol. The fourth-order valence-corrected chi connectivity index (χ4v) is 5.87. The van der Waals surface area contributed by atoms with Crippen molar-refractivity contribution in [3.05, 3.63) is 139 Å². The van der Waals surface area contributed by atoms with Gasteiger partial charge in [0.1, 0.15) is 11.5 Å². The topological polar surface area (TPSA) is 93.3 Å². The van der Waals surface area contributed by atoms with Crippen LogP contribution < -0.4 is 10.6 Å².